The van der Waals surface area contributed by atoms with Crippen molar-refractivity contribution >= 4 is 32.8 Å². The number of pyridine rings is 1. The summed E-state index contributed by atoms with van der Waals surface area (Å²) in [5.41, 5.74) is 5.23. The molecule has 5 heteroatoms. The molecule has 4 heterocycles. The average Bonchev–Trinajstić information content (AvgIpc) is 1.62. The van der Waals surface area contributed by atoms with E-state index in [9.17, 15) is 11.0 Å². The lowest BCUT2D eigenvalue weighted by atomic mass is 9.83. The van der Waals surface area contributed by atoms with Gasteiger partial charge in [0.2, 0.25) is 0 Å². The van der Waals surface area contributed by atoms with Gasteiger partial charge >= 0.3 is 0 Å². The van der Waals surface area contributed by atoms with Gasteiger partial charge in [-0.1, -0.05) is 183 Å². The van der Waals surface area contributed by atoms with Crippen LogP contribution in [0.15, 0.2) is 200 Å². The van der Waals surface area contributed by atoms with Gasteiger partial charge < -0.3 is 4.74 Å². The third kappa shape index (κ3) is 8.55. The van der Waals surface area contributed by atoms with Crippen molar-refractivity contribution in [3.8, 4) is 84.3 Å². The Morgan fingerprint density at radius 2 is 1.11 bits per heavy atom. The Balaban J connectivity index is 1.17. The quantitative estimate of drug-likeness (QED) is 0.123. The van der Waals surface area contributed by atoms with Gasteiger partial charge in [0.05, 0.1) is 44.4 Å². The average molecular weight is 1040 g/mol. The summed E-state index contributed by atoms with van der Waals surface area (Å²) in [5.74, 6) is 1.74. The van der Waals surface area contributed by atoms with E-state index in [2.05, 4.69) is 70.6 Å². The summed E-state index contributed by atoms with van der Waals surface area (Å²) in [6, 6.07) is 40.0. The summed E-state index contributed by atoms with van der Waals surface area (Å²) in [5, 5.41) is 2.05. The predicted molar refractivity (Wildman–Crippen MR) is 329 cm³/mol. The minimum Gasteiger partial charge on any atom is -0.458 e. The van der Waals surface area contributed by atoms with E-state index in [1.54, 1.807) is 16.7 Å². The van der Waals surface area contributed by atoms with Gasteiger partial charge in [0.25, 0.3) is 6.33 Å². The maximum absolute atomic E-state index is 10.1. The monoisotopic (exact) mass is 1040 g/mol. The molecule has 79 heavy (non-hydrogen) atoms. The normalized spacial score (nSPS) is 15.4. The van der Waals surface area contributed by atoms with Gasteiger partial charge in [0, 0.05) is 31.3 Å². The molecule has 9 aromatic carbocycles. The SMILES string of the molecule is [2H]c1c([2H])c([2H])c2c(c1[2H])-c1cc(-c3c(C([2H])([2H])[2H])cccc3C([2H])([2H])[2H])cc(-c3ccc(C(C)(C)C)cc3)c1-[n+]1[c-]n(-c3cccc(Oc4ccc5c6ccccc6n(-c6cc(C(C)(C)C)ccn6)c5c4)c3)c3cc(C(C)(C)C)cc(c31)-c1c([2H])c([2H])c([2H])c([2H])c1-2. The van der Waals surface area contributed by atoms with Crippen molar-refractivity contribution in [3.05, 3.63) is 234 Å². The summed E-state index contributed by atoms with van der Waals surface area (Å²) < 4.78 is 143. The number of ether oxygens (including phenoxy) is 1. The van der Waals surface area contributed by atoms with E-state index in [-0.39, 0.29) is 72.2 Å². The second-order valence-corrected chi connectivity index (χ2v) is 23.7. The van der Waals surface area contributed by atoms with E-state index < -0.39 is 67.5 Å². The summed E-state index contributed by atoms with van der Waals surface area (Å²) in [4.78, 5) is 4.89. The first-order valence-corrected chi connectivity index (χ1v) is 26.6. The molecule has 0 aliphatic carbocycles. The topological polar surface area (TPSA) is 35.9 Å². The molecule has 0 N–H and O–H groups in total. The van der Waals surface area contributed by atoms with E-state index >= 15 is 0 Å². The van der Waals surface area contributed by atoms with Crippen molar-refractivity contribution in [1.29, 1.82) is 0 Å². The Morgan fingerprint density at radius 1 is 0.494 bits per heavy atom. The molecule has 0 atom stereocenters. The number of aryl methyl sites for hydroxylation is 2. The molecule has 1 aliphatic heterocycles. The van der Waals surface area contributed by atoms with Crippen LogP contribution in [0.2, 0.25) is 0 Å². The van der Waals surface area contributed by atoms with Crippen LogP contribution >= 0.6 is 0 Å². The molecule has 0 unspecified atom stereocenters. The highest BCUT2D eigenvalue weighted by Crippen LogP contribution is 2.48. The predicted octanol–water partition coefficient (Wildman–Crippen LogP) is 19.1. The fourth-order valence-corrected chi connectivity index (χ4v) is 11.1. The maximum Gasteiger partial charge on any atom is 0.269 e. The molecule has 0 amide bonds. The molecular formula is C74H66N4O. The highest BCUT2D eigenvalue weighted by molar-refractivity contribution is 6.09. The molecule has 1 aliphatic rings. The van der Waals surface area contributed by atoms with Crippen molar-refractivity contribution in [1.82, 2.24) is 14.1 Å². The van der Waals surface area contributed by atoms with E-state index in [0.29, 0.717) is 39.3 Å². The molecule has 3 aromatic heterocycles. The molecule has 13 rings (SSSR count). The summed E-state index contributed by atoms with van der Waals surface area (Å²) >= 11 is 0. The van der Waals surface area contributed by atoms with Gasteiger partial charge in [-0.25, -0.2) is 4.98 Å². The van der Waals surface area contributed by atoms with Crippen LogP contribution in [0.3, 0.4) is 0 Å². The molecule has 0 saturated heterocycles. The standard InChI is InChI=1S/C74H66N4O/c1-46-20-18-21-47(2)69(46)49-38-62(48-30-32-50(33-31-48)72(3,4)5)70-63(39-49)58-26-14-12-24-56(58)57-25-13-15-27-59(57)64-40-52(74(9,10)11)41-67-71(64)77(70)45-76(67)53-22-19-23-54(43-53)79-55-34-35-61-60-28-16-17-29-65(60)78(66(61)44-55)68-42-51(36-37-75-68)73(6,7)8/h12-44H,1-11H3/i1D3,2D3,12D,13D,14D,15D,24D,25D,26D,27D. The number of para-hydroxylation sites is 1. The first-order chi connectivity index (χ1) is 43.6. The first kappa shape index (κ1) is 36.3. The van der Waals surface area contributed by atoms with Crippen molar-refractivity contribution in [2.24, 2.45) is 0 Å². The smallest absolute Gasteiger partial charge is 0.269 e. The van der Waals surface area contributed by atoms with Crippen LogP contribution in [-0.2, 0) is 16.2 Å². The fraction of sp³-hybridized carbons (Fsp3) is 0.189. The van der Waals surface area contributed by atoms with Crippen LogP contribution in [0.5, 0.6) is 11.5 Å². The number of benzene rings is 9. The molecule has 388 valence electrons. The lowest BCUT2D eigenvalue weighted by Gasteiger charge is -2.23. The van der Waals surface area contributed by atoms with Crippen LogP contribution in [0.4, 0.5) is 0 Å². The molecule has 0 spiro atoms. The van der Waals surface area contributed by atoms with Crippen LogP contribution < -0.4 is 9.30 Å². The molecule has 0 bridgehead atoms. The molecular weight excluding hydrogens is 961 g/mol. The molecule has 0 fully saturated rings. The first-order valence-electron chi connectivity index (χ1n) is 33.6. The minimum absolute atomic E-state index is 0.0463. The molecule has 0 radical (unpaired) electrons. The Kier molecular flexibility index (Phi) is 8.47. The number of aromatic nitrogens is 4. The van der Waals surface area contributed by atoms with E-state index in [1.807, 2.05) is 129 Å². The number of imidazole rings is 1. The van der Waals surface area contributed by atoms with Gasteiger partial charge in [-0.2, -0.15) is 0 Å². The number of rotatable bonds is 6. The molecule has 0 saturated carbocycles. The zero-order valence-corrected chi connectivity index (χ0v) is 45.6. The highest BCUT2D eigenvalue weighted by atomic mass is 16.5. The summed E-state index contributed by atoms with van der Waals surface area (Å²) in [7, 11) is 0. The van der Waals surface area contributed by atoms with Crippen molar-refractivity contribution < 1.29 is 28.5 Å². The highest BCUT2D eigenvalue weighted by Gasteiger charge is 2.30. The maximum atomic E-state index is 10.1. The van der Waals surface area contributed by atoms with Crippen molar-refractivity contribution in [2.45, 2.75) is 92.3 Å². The third-order valence-corrected chi connectivity index (χ3v) is 15.3. The zero-order valence-electron chi connectivity index (χ0n) is 59.6. The Hall–Kier alpha value is -8.80. The summed E-state index contributed by atoms with van der Waals surface area (Å²) in [6.45, 7) is 13.1. The molecule has 12 aromatic rings. The van der Waals surface area contributed by atoms with Crippen molar-refractivity contribution in [2.75, 3.05) is 0 Å². The van der Waals surface area contributed by atoms with Gasteiger partial charge in [0.15, 0.2) is 0 Å². The van der Waals surface area contributed by atoms with E-state index in [1.165, 1.54) is 18.2 Å². The van der Waals surface area contributed by atoms with Gasteiger partial charge in [0.1, 0.15) is 17.3 Å². The number of hydrogen-bond acceptors (Lipinski definition) is 2. The van der Waals surface area contributed by atoms with Crippen LogP contribution in [0.1, 0.15) is 109 Å². The van der Waals surface area contributed by atoms with Crippen LogP contribution in [0.25, 0.3) is 106 Å². The molecule has 5 nitrogen and oxygen atoms in total. The second-order valence-electron chi connectivity index (χ2n) is 23.7. The number of nitrogens with zero attached hydrogens (tertiary/aromatic N) is 4. The lowest BCUT2D eigenvalue weighted by Crippen LogP contribution is -2.32. The largest absolute Gasteiger partial charge is 0.458 e. The lowest BCUT2D eigenvalue weighted by molar-refractivity contribution is -0.570. The Morgan fingerprint density at radius 3 is 1.80 bits per heavy atom. The second kappa shape index (κ2) is 18.4. The Bertz CT molecular complexity index is 5100. The number of fused-ring (bicyclic) bond motifs is 10. The van der Waals surface area contributed by atoms with Gasteiger partial charge in [-0.05, 0) is 180 Å². The van der Waals surface area contributed by atoms with E-state index in [4.69, 9.17) is 17.9 Å². The van der Waals surface area contributed by atoms with Crippen LogP contribution in [0, 0.1) is 20.0 Å². The van der Waals surface area contributed by atoms with Gasteiger partial charge in [-0.15, -0.1) is 0 Å². The zero-order chi connectivity index (χ0) is 66.7. The van der Waals surface area contributed by atoms with E-state index in [0.717, 1.165) is 44.3 Å². The fourth-order valence-electron chi connectivity index (χ4n) is 11.1. The van der Waals surface area contributed by atoms with Crippen LogP contribution in [-0.4, -0.2) is 14.1 Å². The minimum atomic E-state index is -2.87. The summed E-state index contributed by atoms with van der Waals surface area (Å²) in [6.07, 6.45) is 5.55. The van der Waals surface area contributed by atoms with Crippen molar-refractivity contribution in [3.63, 3.8) is 0 Å². The third-order valence-electron chi connectivity index (χ3n) is 15.3. The Labute approximate surface area is 484 Å². The number of hydrogen-bond donors (Lipinski definition) is 0. The van der Waals surface area contributed by atoms with Gasteiger partial charge in [-0.3, -0.25) is 13.7 Å².